The van der Waals surface area contributed by atoms with Crippen LogP contribution >= 0.6 is 0 Å². The van der Waals surface area contributed by atoms with Crippen LogP contribution in [-0.4, -0.2) is 6.29 Å². The first-order valence-corrected chi connectivity index (χ1v) is 6.12. The highest BCUT2D eigenvalue weighted by Crippen LogP contribution is 2.32. The van der Waals surface area contributed by atoms with Crippen molar-refractivity contribution in [1.29, 1.82) is 0 Å². The molecule has 0 spiro atoms. The molecule has 0 aliphatic carbocycles. The number of rotatable bonds is 3. The van der Waals surface area contributed by atoms with Gasteiger partial charge in [0.2, 0.25) is 0 Å². The number of benzene rings is 2. The molecule has 2 nitrogen and oxygen atoms in total. The van der Waals surface area contributed by atoms with Gasteiger partial charge in [-0.15, -0.1) is 0 Å². The summed E-state index contributed by atoms with van der Waals surface area (Å²) < 4.78 is 33.0. The van der Waals surface area contributed by atoms with Crippen molar-refractivity contribution in [1.82, 2.24) is 0 Å². The molecule has 4 heteroatoms. The SMILES string of the molecule is Cc1cc(C)c(C)c(Oc2c(F)cc(C=O)cc2F)c1. The molecular formula is C16H14F2O2. The maximum Gasteiger partial charge on any atom is 0.198 e. The first kappa shape index (κ1) is 14.2. The average molecular weight is 276 g/mol. The lowest BCUT2D eigenvalue weighted by molar-refractivity contribution is 0.112. The van der Waals surface area contributed by atoms with Crippen molar-refractivity contribution in [3.05, 3.63) is 58.2 Å². The van der Waals surface area contributed by atoms with Crippen LogP contribution in [0.4, 0.5) is 8.78 Å². The molecule has 0 fully saturated rings. The standard InChI is InChI=1S/C16H14F2O2/c1-9-4-10(2)11(3)15(5-9)20-16-13(17)6-12(8-19)7-14(16)18/h4-8H,1-3H3. The second-order valence-corrected chi connectivity index (χ2v) is 4.74. The van der Waals surface area contributed by atoms with Crippen molar-refractivity contribution in [3.63, 3.8) is 0 Å². The number of carbonyl (C=O) groups excluding carboxylic acids is 1. The maximum atomic E-state index is 13.8. The average Bonchev–Trinajstić information content (AvgIpc) is 2.38. The molecule has 0 bridgehead atoms. The number of hydrogen-bond donors (Lipinski definition) is 0. The van der Waals surface area contributed by atoms with E-state index in [1.165, 1.54) is 0 Å². The highest BCUT2D eigenvalue weighted by molar-refractivity contribution is 5.75. The second kappa shape index (κ2) is 5.41. The molecule has 0 saturated carbocycles. The van der Waals surface area contributed by atoms with E-state index in [2.05, 4.69) is 0 Å². The van der Waals surface area contributed by atoms with E-state index in [4.69, 9.17) is 4.74 Å². The van der Waals surface area contributed by atoms with Crippen LogP contribution in [0.5, 0.6) is 11.5 Å². The van der Waals surface area contributed by atoms with E-state index in [0.717, 1.165) is 28.8 Å². The van der Waals surface area contributed by atoms with E-state index < -0.39 is 17.4 Å². The first-order chi connectivity index (χ1) is 9.42. The largest absolute Gasteiger partial charge is 0.451 e. The zero-order valence-corrected chi connectivity index (χ0v) is 11.5. The zero-order chi connectivity index (χ0) is 14.9. The highest BCUT2D eigenvalue weighted by atomic mass is 19.1. The van der Waals surface area contributed by atoms with Crippen LogP contribution in [0, 0.1) is 32.4 Å². The molecule has 104 valence electrons. The van der Waals surface area contributed by atoms with E-state index in [0.29, 0.717) is 12.0 Å². The first-order valence-electron chi connectivity index (χ1n) is 6.12. The number of ether oxygens (including phenoxy) is 1. The quantitative estimate of drug-likeness (QED) is 0.772. The summed E-state index contributed by atoms with van der Waals surface area (Å²) in [5.74, 6) is -1.89. The second-order valence-electron chi connectivity index (χ2n) is 4.74. The Kier molecular flexibility index (Phi) is 3.84. The van der Waals surface area contributed by atoms with Crippen LogP contribution in [-0.2, 0) is 0 Å². The zero-order valence-electron chi connectivity index (χ0n) is 11.5. The smallest absolute Gasteiger partial charge is 0.198 e. The van der Waals surface area contributed by atoms with Gasteiger partial charge < -0.3 is 4.74 Å². The Bertz CT molecular complexity index is 655. The van der Waals surface area contributed by atoms with Crippen LogP contribution < -0.4 is 4.74 Å². The molecule has 0 saturated heterocycles. The number of halogens is 2. The molecule has 2 aromatic rings. The summed E-state index contributed by atoms with van der Waals surface area (Å²) in [4.78, 5) is 10.5. The number of aryl methyl sites for hydroxylation is 2. The number of hydrogen-bond acceptors (Lipinski definition) is 2. The summed E-state index contributed by atoms with van der Waals surface area (Å²) in [6.45, 7) is 5.60. The third-order valence-electron chi connectivity index (χ3n) is 3.13. The predicted molar refractivity (Wildman–Crippen MR) is 72.5 cm³/mol. The predicted octanol–water partition coefficient (Wildman–Crippen LogP) is 4.49. The Morgan fingerprint density at radius 2 is 1.60 bits per heavy atom. The molecule has 0 unspecified atom stereocenters. The van der Waals surface area contributed by atoms with E-state index in [-0.39, 0.29) is 5.56 Å². The minimum absolute atomic E-state index is 0.0653. The lowest BCUT2D eigenvalue weighted by atomic mass is 10.1. The third kappa shape index (κ3) is 2.69. The summed E-state index contributed by atoms with van der Waals surface area (Å²) in [6.07, 6.45) is 0.387. The van der Waals surface area contributed by atoms with Gasteiger partial charge in [0.05, 0.1) is 0 Å². The topological polar surface area (TPSA) is 26.3 Å². The van der Waals surface area contributed by atoms with Gasteiger partial charge in [0.15, 0.2) is 17.4 Å². The highest BCUT2D eigenvalue weighted by Gasteiger charge is 2.15. The lowest BCUT2D eigenvalue weighted by Gasteiger charge is -2.13. The summed E-state index contributed by atoms with van der Waals surface area (Å²) in [7, 11) is 0. The van der Waals surface area contributed by atoms with Gasteiger partial charge in [-0.25, -0.2) is 8.78 Å². The third-order valence-corrected chi connectivity index (χ3v) is 3.13. The van der Waals surface area contributed by atoms with Crippen LogP contribution in [0.2, 0.25) is 0 Å². The fraction of sp³-hybridized carbons (Fsp3) is 0.188. The van der Waals surface area contributed by atoms with Crippen LogP contribution in [0.25, 0.3) is 0 Å². The molecule has 2 rings (SSSR count). The molecule has 0 amide bonds. The molecule has 0 aliphatic rings. The summed E-state index contributed by atoms with van der Waals surface area (Å²) in [6, 6.07) is 5.58. The maximum absolute atomic E-state index is 13.8. The molecule has 0 aromatic heterocycles. The van der Waals surface area contributed by atoms with Crippen molar-refractivity contribution >= 4 is 6.29 Å². The molecule has 0 atom stereocenters. The summed E-state index contributed by atoms with van der Waals surface area (Å²) >= 11 is 0. The Labute approximate surface area is 116 Å². The molecule has 0 aliphatic heterocycles. The van der Waals surface area contributed by atoms with Crippen molar-refractivity contribution in [2.75, 3.05) is 0 Å². The van der Waals surface area contributed by atoms with Gasteiger partial charge in [-0.3, -0.25) is 4.79 Å². The molecule has 20 heavy (non-hydrogen) atoms. The van der Waals surface area contributed by atoms with Gasteiger partial charge in [-0.1, -0.05) is 6.07 Å². The van der Waals surface area contributed by atoms with E-state index in [1.54, 1.807) is 6.07 Å². The van der Waals surface area contributed by atoms with Gasteiger partial charge >= 0.3 is 0 Å². The number of carbonyl (C=O) groups is 1. The van der Waals surface area contributed by atoms with Crippen LogP contribution in [0.3, 0.4) is 0 Å². The fourth-order valence-corrected chi connectivity index (χ4v) is 1.96. The lowest BCUT2D eigenvalue weighted by Crippen LogP contribution is -1.98. The van der Waals surface area contributed by atoms with E-state index in [1.807, 2.05) is 26.8 Å². The summed E-state index contributed by atoms with van der Waals surface area (Å²) in [5.41, 5.74) is 2.66. The van der Waals surface area contributed by atoms with Gasteiger partial charge in [0, 0.05) is 5.56 Å². The van der Waals surface area contributed by atoms with Gasteiger partial charge in [-0.2, -0.15) is 0 Å². The van der Waals surface area contributed by atoms with Crippen LogP contribution in [0.1, 0.15) is 27.0 Å². The van der Waals surface area contributed by atoms with E-state index >= 15 is 0 Å². The Morgan fingerprint density at radius 3 is 2.15 bits per heavy atom. The monoisotopic (exact) mass is 276 g/mol. The summed E-state index contributed by atoms with van der Waals surface area (Å²) in [5, 5.41) is 0. The Balaban J connectivity index is 2.48. The Hall–Kier alpha value is -2.23. The minimum atomic E-state index is -0.898. The van der Waals surface area contributed by atoms with Crippen molar-refractivity contribution in [3.8, 4) is 11.5 Å². The molecule has 0 radical (unpaired) electrons. The Morgan fingerprint density at radius 1 is 1.00 bits per heavy atom. The van der Waals surface area contributed by atoms with Crippen molar-refractivity contribution < 1.29 is 18.3 Å². The fourth-order valence-electron chi connectivity index (χ4n) is 1.96. The molecule has 0 N–H and O–H groups in total. The van der Waals surface area contributed by atoms with Gasteiger partial charge in [-0.05, 0) is 55.7 Å². The van der Waals surface area contributed by atoms with Crippen LogP contribution in [0.15, 0.2) is 24.3 Å². The minimum Gasteiger partial charge on any atom is -0.451 e. The molecule has 0 heterocycles. The molecule has 2 aromatic carbocycles. The normalized spacial score (nSPS) is 10.4. The van der Waals surface area contributed by atoms with Gasteiger partial charge in [0.1, 0.15) is 12.0 Å². The number of aldehydes is 1. The van der Waals surface area contributed by atoms with Crippen molar-refractivity contribution in [2.45, 2.75) is 20.8 Å². The van der Waals surface area contributed by atoms with Crippen molar-refractivity contribution in [2.24, 2.45) is 0 Å². The van der Waals surface area contributed by atoms with E-state index in [9.17, 15) is 13.6 Å². The van der Waals surface area contributed by atoms with Gasteiger partial charge in [0.25, 0.3) is 0 Å². The molecular weight excluding hydrogens is 262 g/mol.